The van der Waals surface area contributed by atoms with Crippen molar-refractivity contribution in [1.82, 2.24) is 9.80 Å². The summed E-state index contributed by atoms with van der Waals surface area (Å²) in [5.41, 5.74) is 3.32. The molecule has 40 heavy (non-hydrogen) atoms. The molecule has 0 N–H and O–H groups in total. The number of fused-ring (bicyclic) bond motifs is 1. The van der Waals surface area contributed by atoms with Crippen molar-refractivity contribution >= 4 is 17.5 Å². The fourth-order valence-electron chi connectivity index (χ4n) is 6.77. The van der Waals surface area contributed by atoms with Crippen LogP contribution in [0, 0.1) is 11.8 Å². The average Bonchev–Trinajstić information content (AvgIpc) is 3.27. The Labute approximate surface area is 236 Å². The van der Waals surface area contributed by atoms with Crippen molar-refractivity contribution in [2.45, 2.75) is 18.3 Å². The van der Waals surface area contributed by atoms with Gasteiger partial charge in [-0.05, 0) is 36.2 Å². The Morgan fingerprint density at radius 2 is 1.20 bits per heavy atom. The second-order valence-electron chi connectivity index (χ2n) is 11.0. The van der Waals surface area contributed by atoms with E-state index in [1.165, 1.54) is 0 Å². The third kappa shape index (κ3) is 5.04. The van der Waals surface area contributed by atoms with Crippen LogP contribution in [-0.2, 0) is 9.59 Å². The molecule has 6 heteroatoms. The Balaban J connectivity index is 1.12. The van der Waals surface area contributed by atoms with Gasteiger partial charge in [0.25, 0.3) is 0 Å². The zero-order chi connectivity index (χ0) is 27.5. The molecule has 0 radical (unpaired) electrons. The Morgan fingerprint density at radius 1 is 0.675 bits per heavy atom. The molecule has 1 aliphatic carbocycles. The first-order valence-electron chi connectivity index (χ1n) is 14.4. The number of carbonyl (C=O) groups is 2. The lowest BCUT2D eigenvalue weighted by Crippen LogP contribution is -2.47. The predicted molar refractivity (Wildman–Crippen MR) is 157 cm³/mol. The van der Waals surface area contributed by atoms with Gasteiger partial charge in [0.2, 0.25) is 11.8 Å². The molecule has 2 aliphatic heterocycles. The van der Waals surface area contributed by atoms with E-state index in [2.05, 4.69) is 52.3 Å². The number of piperazine rings is 1. The van der Waals surface area contributed by atoms with Gasteiger partial charge < -0.3 is 9.64 Å². The average molecular weight is 536 g/mol. The molecule has 206 valence electrons. The van der Waals surface area contributed by atoms with Crippen LogP contribution < -0.4 is 9.64 Å². The summed E-state index contributed by atoms with van der Waals surface area (Å²) in [6, 6.07) is 28.4. The standard InChI is InChI=1S/C34H37N3O3/c1-40-30-16-9-8-15-29(30)36-23-21-35(22-24-36)19-10-20-37-33(38)31-27(25-11-4-2-5-12-25)17-18-28(32(31)34(37)39)26-13-6-3-7-14-26/h2-9,11-18,27-28,31-32H,10,19-24H2,1H3. The van der Waals surface area contributed by atoms with Crippen molar-refractivity contribution in [1.29, 1.82) is 0 Å². The minimum absolute atomic E-state index is 0.0184. The first-order valence-corrected chi connectivity index (χ1v) is 14.4. The number of hydrogen-bond donors (Lipinski definition) is 0. The van der Waals surface area contributed by atoms with E-state index in [0.29, 0.717) is 6.54 Å². The van der Waals surface area contributed by atoms with Gasteiger partial charge in [-0.15, -0.1) is 0 Å². The topological polar surface area (TPSA) is 53.1 Å². The predicted octanol–water partition coefficient (Wildman–Crippen LogP) is 4.95. The molecule has 4 unspecified atom stereocenters. The maximum Gasteiger partial charge on any atom is 0.234 e. The number of amides is 2. The van der Waals surface area contributed by atoms with Crippen molar-refractivity contribution in [2.75, 3.05) is 51.3 Å². The molecule has 3 aromatic rings. The number of rotatable bonds is 8. The van der Waals surface area contributed by atoms with Crippen LogP contribution in [0.3, 0.4) is 0 Å². The molecule has 6 nitrogen and oxygen atoms in total. The number of hydrogen-bond acceptors (Lipinski definition) is 5. The summed E-state index contributed by atoms with van der Waals surface area (Å²) in [5, 5.41) is 0. The van der Waals surface area contributed by atoms with Crippen molar-refractivity contribution in [3.63, 3.8) is 0 Å². The highest BCUT2D eigenvalue weighted by Crippen LogP contribution is 2.49. The highest BCUT2D eigenvalue weighted by molar-refractivity contribution is 6.06. The van der Waals surface area contributed by atoms with Gasteiger partial charge in [0.15, 0.2) is 0 Å². The number of anilines is 1. The SMILES string of the molecule is COc1ccccc1N1CCN(CCCN2C(=O)C3C(c4ccccc4)C=CC(c4ccccc4)C3C2=O)CC1. The molecule has 0 aromatic heterocycles. The summed E-state index contributed by atoms with van der Waals surface area (Å²) >= 11 is 0. The van der Waals surface area contributed by atoms with Crippen molar-refractivity contribution in [3.05, 3.63) is 108 Å². The van der Waals surface area contributed by atoms with Crippen molar-refractivity contribution in [3.8, 4) is 5.75 Å². The van der Waals surface area contributed by atoms with Gasteiger partial charge in [0.05, 0.1) is 24.6 Å². The number of likely N-dealkylation sites (tertiary alicyclic amines) is 1. The highest BCUT2D eigenvalue weighted by atomic mass is 16.5. The summed E-state index contributed by atoms with van der Waals surface area (Å²) < 4.78 is 5.55. The van der Waals surface area contributed by atoms with Crippen molar-refractivity contribution in [2.24, 2.45) is 11.8 Å². The van der Waals surface area contributed by atoms with Gasteiger partial charge in [-0.2, -0.15) is 0 Å². The first kappa shape index (κ1) is 26.3. The molecule has 2 saturated heterocycles. The molecule has 3 aromatic carbocycles. The number of para-hydroxylation sites is 2. The second-order valence-corrected chi connectivity index (χ2v) is 11.0. The summed E-state index contributed by atoms with van der Waals surface area (Å²) in [6.07, 6.45) is 5.10. The molecule has 3 aliphatic rings. The van der Waals surface area contributed by atoms with Crippen LogP contribution in [0.5, 0.6) is 5.75 Å². The minimum atomic E-state index is -0.366. The van der Waals surface area contributed by atoms with E-state index in [0.717, 1.165) is 61.7 Å². The summed E-state index contributed by atoms with van der Waals surface area (Å²) in [6.45, 7) is 5.09. The lowest BCUT2D eigenvalue weighted by Gasteiger charge is -2.36. The van der Waals surface area contributed by atoms with E-state index >= 15 is 0 Å². The quantitative estimate of drug-likeness (QED) is 0.302. The van der Waals surface area contributed by atoms with Crippen LogP contribution in [0.1, 0.15) is 29.4 Å². The van der Waals surface area contributed by atoms with Crippen LogP contribution in [0.25, 0.3) is 0 Å². The minimum Gasteiger partial charge on any atom is -0.495 e. The summed E-state index contributed by atoms with van der Waals surface area (Å²) in [7, 11) is 1.71. The lowest BCUT2D eigenvalue weighted by molar-refractivity contribution is -0.140. The van der Waals surface area contributed by atoms with E-state index in [1.807, 2.05) is 54.6 Å². The Kier molecular flexibility index (Phi) is 7.69. The maximum atomic E-state index is 13.9. The maximum absolute atomic E-state index is 13.9. The highest BCUT2D eigenvalue weighted by Gasteiger charge is 2.54. The van der Waals surface area contributed by atoms with E-state index < -0.39 is 0 Å². The Hall–Kier alpha value is -3.90. The molecule has 0 bridgehead atoms. The van der Waals surface area contributed by atoms with E-state index in [9.17, 15) is 9.59 Å². The lowest BCUT2D eigenvalue weighted by atomic mass is 9.68. The molecule has 4 atom stereocenters. The zero-order valence-electron chi connectivity index (χ0n) is 23.1. The van der Waals surface area contributed by atoms with E-state index in [4.69, 9.17) is 4.74 Å². The molecule has 2 amide bonds. The molecule has 6 rings (SSSR count). The van der Waals surface area contributed by atoms with Crippen LogP contribution >= 0.6 is 0 Å². The molecule has 2 fully saturated rings. The van der Waals surface area contributed by atoms with Gasteiger partial charge in [-0.1, -0.05) is 84.9 Å². The van der Waals surface area contributed by atoms with Gasteiger partial charge in [-0.25, -0.2) is 0 Å². The third-order valence-corrected chi connectivity index (χ3v) is 8.81. The smallest absolute Gasteiger partial charge is 0.234 e. The fraction of sp³-hybridized carbons (Fsp3) is 0.353. The number of nitrogens with zero attached hydrogens (tertiary/aromatic N) is 3. The molecule has 0 spiro atoms. The molecular weight excluding hydrogens is 498 g/mol. The Morgan fingerprint density at radius 3 is 1.75 bits per heavy atom. The van der Waals surface area contributed by atoms with Crippen molar-refractivity contribution < 1.29 is 14.3 Å². The van der Waals surface area contributed by atoms with Crippen LogP contribution in [-0.4, -0.2) is 68.0 Å². The normalized spacial score (nSPS) is 24.8. The largest absolute Gasteiger partial charge is 0.495 e. The second kappa shape index (κ2) is 11.7. The first-order chi connectivity index (χ1) is 19.7. The summed E-state index contributed by atoms with van der Waals surface area (Å²) in [5.74, 6) is -0.0406. The number of carbonyl (C=O) groups excluding carboxylic acids is 2. The zero-order valence-corrected chi connectivity index (χ0v) is 23.1. The molecular formula is C34H37N3O3. The van der Waals surface area contributed by atoms with E-state index in [1.54, 1.807) is 12.0 Å². The summed E-state index contributed by atoms with van der Waals surface area (Å²) in [4.78, 5) is 34.2. The van der Waals surface area contributed by atoms with Crippen LogP contribution in [0.2, 0.25) is 0 Å². The number of methoxy groups -OCH3 is 1. The number of ether oxygens (including phenoxy) is 1. The monoisotopic (exact) mass is 535 g/mol. The fourth-order valence-corrected chi connectivity index (χ4v) is 6.77. The van der Waals surface area contributed by atoms with Crippen LogP contribution in [0.4, 0.5) is 5.69 Å². The van der Waals surface area contributed by atoms with Crippen LogP contribution in [0.15, 0.2) is 97.1 Å². The van der Waals surface area contributed by atoms with E-state index in [-0.39, 0.29) is 35.5 Å². The molecule has 2 heterocycles. The number of imide groups is 1. The Bertz CT molecular complexity index is 1280. The van der Waals surface area contributed by atoms with Gasteiger partial charge >= 0.3 is 0 Å². The number of allylic oxidation sites excluding steroid dienone is 2. The van der Waals surface area contributed by atoms with Gasteiger partial charge in [0.1, 0.15) is 5.75 Å². The number of benzene rings is 3. The van der Waals surface area contributed by atoms with Gasteiger partial charge in [0, 0.05) is 44.6 Å². The van der Waals surface area contributed by atoms with Gasteiger partial charge in [-0.3, -0.25) is 19.4 Å². The molecule has 0 saturated carbocycles. The third-order valence-electron chi connectivity index (χ3n) is 8.81.